The van der Waals surface area contributed by atoms with Crippen LogP contribution in [0.15, 0.2) is 12.1 Å². The van der Waals surface area contributed by atoms with Crippen molar-refractivity contribution in [1.82, 2.24) is 0 Å². The van der Waals surface area contributed by atoms with Crippen molar-refractivity contribution < 1.29 is 4.74 Å². The van der Waals surface area contributed by atoms with Gasteiger partial charge >= 0.3 is 0 Å². The molecule has 0 saturated heterocycles. The smallest absolute Gasteiger partial charge is 0.138 e. The van der Waals surface area contributed by atoms with Gasteiger partial charge in [-0.25, -0.2) is 0 Å². The minimum Gasteiger partial charge on any atom is -0.492 e. The van der Waals surface area contributed by atoms with Gasteiger partial charge in [-0.2, -0.15) is 0 Å². The van der Waals surface area contributed by atoms with Gasteiger partial charge in [0.2, 0.25) is 0 Å². The maximum absolute atomic E-state index is 6.11. The summed E-state index contributed by atoms with van der Waals surface area (Å²) in [4.78, 5) is 0. The van der Waals surface area contributed by atoms with E-state index in [2.05, 4.69) is 12.1 Å². The zero-order valence-electron chi connectivity index (χ0n) is 8.48. The molecule has 1 aliphatic rings. The molecule has 1 nitrogen and oxygen atoms in total. The lowest BCUT2D eigenvalue weighted by atomic mass is 9.92. The predicted octanol–water partition coefficient (Wildman–Crippen LogP) is 3.62. The summed E-state index contributed by atoms with van der Waals surface area (Å²) in [7, 11) is 0. The summed E-state index contributed by atoms with van der Waals surface area (Å²) in [6.45, 7) is 2.66. The molecule has 0 bridgehead atoms. The Morgan fingerprint density at radius 2 is 1.86 bits per heavy atom. The van der Waals surface area contributed by atoms with Crippen molar-refractivity contribution in [2.24, 2.45) is 0 Å². The molecule has 2 heteroatoms. The second-order valence-corrected chi connectivity index (χ2v) is 4.10. The van der Waals surface area contributed by atoms with Crippen molar-refractivity contribution in [3.63, 3.8) is 0 Å². The topological polar surface area (TPSA) is 9.23 Å². The Morgan fingerprint density at radius 1 is 1.21 bits per heavy atom. The second kappa shape index (κ2) is 4.22. The highest BCUT2D eigenvalue weighted by atomic mass is 35.5. The van der Waals surface area contributed by atoms with Crippen LogP contribution in [0.1, 0.15) is 30.9 Å². The van der Waals surface area contributed by atoms with Gasteiger partial charge in [-0.1, -0.05) is 11.6 Å². The van der Waals surface area contributed by atoms with E-state index in [0.29, 0.717) is 6.61 Å². The zero-order chi connectivity index (χ0) is 9.97. The second-order valence-electron chi connectivity index (χ2n) is 3.69. The molecule has 0 saturated carbocycles. The third-order valence-corrected chi connectivity index (χ3v) is 2.99. The van der Waals surface area contributed by atoms with Crippen molar-refractivity contribution >= 4 is 11.6 Å². The minimum absolute atomic E-state index is 0.679. The number of benzene rings is 1. The number of halogens is 1. The Labute approximate surface area is 90.0 Å². The lowest BCUT2D eigenvalue weighted by molar-refractivity contribution is 0.340. The number of rotatable bonds is 2. The summed E-state index contributed by atoms with van der Waals surface area (Å²) >= 11 is 6.11. The normalized spacial score (nSPS) is 15.0. The third kappa shape index (κ3) is 1.88. The molecule has 76 valence electrons. The Hall–Kier alpha value is -0.690. The maximum atomic E-state index is 6.11. The highest BCUT2D eigenvalue weighted by Crippen LogP contribution is 2.32. The number of hydrogen-bond donors (Lipinski definition) is 0. The summed E-state index contributed by atoms with van der Waals surface area (Å²) < 4.78 is 5.47. The molecule has 0 N–H and O–H groups in total. The van der Waals surface area contributed by atoms with Crippen LogP contribution in [-0.4, -0.2) is 6.61 Å². The fraction of sp³-hybridized carbons (Fsp3) is 0.500. The van der Waals surface area contributed by atoms with Gasteiger partial charge in [0.25, 0.3) is 0 Å². The summed E-state index contributed by atoms with van der Waals surface area (Å²) in [6, 6.07) is 4.18. The van der Waals surface area contributed by atoms with E-state index in [9.17, 15) is 0 Å². The van der Waals surface area contributed by atoms with Crippen LogP contribution in [0, 0.1) is 0 Å². The first-order valence-electron chi connectivity index (χ1n) is 5.25. The molecule has 0 aliphatic heterocycles. The molecule has 0 heterocycles. The van der Waals surface area contributed by atoms with Crippen LogP contribution in [0.3, 0.4) is 0 Å². The standard InChI is InChI=1S/C12H15ClO/c1-2-14-12-8-10-6-4-3-5-9(10)7-11(12)13/h7-8H,2-6H2,1H3. The van der Waals surface area contributed by atoms with Gasteiger partial charge < -0.3 is 4.74 Å². The molecule has 1 aliphatic carbocycles. The van der Waals surface area contributed by atoms with E-state index in [-0.39, 0.29) is 0 Å². The third-order valence-electron chi connectivity index (χ3n) is 2.70. The molecular formula is C12H15ClO. The average molecular weight is 211 g/mol. The van der Waals surface area contributed by atoms with Crippen LogP contribution < -0.4 is 4.74 Å². The molecular weight excluding hydrogens is 196 g/mol. The first kappa shape index (κ1) is 9.85. The van der Waals surface area contributed by atoms with E-state index in [1.54, 1.807) is 0 Å². The fourth-order valence-electron chi connectivity index (χ4n) is 2.00. The van der Waals surface area contributed by atoms with Crippen LogP contribution in [0.25, 0.3) is 0 Å². The lowest BCUT2D eigenvalue weighted by Crippen LogP contribution is -2.03. The van der Waals surface area contributed by atoms with Gasteiger partial charge in [0.1, 0.15) is 5.75 Å². The summed E-state index contributed by atoms with van der Waals surface area (Å²) in [5.41, 5.74) is 2.83. The first-order valence-corrected chi connectivity index (χ1v) is 5.63. The van der Waals surface area contributed by atoms with Crippen LogP contribution in [0.5, 0.6) is 5.75 Å². The molecule has 0 aromatic heterocycles. The number of hydrogen-bond acceptors (Lipinski definition) is 1. The molecule has 1 aromatic rings. The number of fused-ring (bicyclic) bond motifs is 1. The quantitative estimate of drug-likeness (QED) is 0.725. The van der Waals surface area contributed by atoms with Crippen LogP contribution in [0.2, 0.25) is 5.02 Å². The van der Waals surface area contributed by atoms with E-state index in [1.165, 1.54) is 36.8 Å². The molecule has 0 unspecified atom stereocenters. The molecule has 0 spiro atoms. The van der Waals surface area contributed by atoms with Crippen molar-refractivity contribution in [2.75, 3.05) is 6.61 Å². The molecule has 14 heavy (non-hydrogen) atoms. The van der Waals surface area contributed by atoms with E-state index in [1.807, 2.05) is 6.92 Å². The van der Waals surface area contributed by atoms with Gasteiger partial charge in [0.05, 0.1) is 11.6 Å². The predicted molar refractivity (Wildman–Crippen MR) is 59.3 cm³/mol. The van der Waals surface area contributed by atoms with Crippen molar-refractivity contribution in [1.29, 1.82) is 0 Å². The van der Waals surface area contributed by atoms with E-state index in [4.69, 9.17) is 16.3 Å². The Morgan fingerprint density at radius 3 is 2.50 bits per heavy atom. The van der Waals surface area contributed by atoms with E-state index in [0.717, 1.165) is 10.8 Å². The summed E-state index contributed by atoms with van der Waals surface area (Å²) in [5.74, 6) is 0.842. The van der Waals surface area contributed by atoms with Crippen molar-refractivity contribution in [3.8, 4) is 5.75 Å². The Bertz CT molecular complexity index is 333. The zero-order valence-corrected chi connectivity index (χ0v) is 9.23. The molecule has 0 fully saturated rings. The van der Waals surface area contributed by atoms with E-state index >= 15 is 0 Å². The van der Waals surface area contributed by atoms with Gasteiger partial charge in [-0.05, 0) is 55.9 Å². The molecule has 1 aromatic carbocycles. The SMILES string of the molecule is CCOc1cc2c(cc1Cl)CCCC2. The Kier molecular flexibility index (Phi) is 2.97. The Balaban J connectivity index is 2.35. The summed E-state index contributed by atoms with van der Waals surface area (Å²) in [6.07, 6.45) is 4.92. The number of ether oxygens (including phenoxy) is 1. The molecule has 2 rings (SSSR count). The first-order chi connectivity index (χ1) is 6.81. The number of aryl methyl sites for hydroxylation is 2. The van der Waals surface area contributed by atoms with E-state index < -0.39 is 0 Å². The van der Waals surface area contributed by atoms with Gasteiger partial charge in [0.15, 0.2) is 0 Å². The summed E-state index contributed by atoms with van der Waals surface area (Å²) in [5, 5.41) is 0.757. The van der Waals surface area contributed by atoms with Crippen molar-refractivity contribution in [3.05, 3.63) is 28.3 Å². The molecule has 0 radical (unpaired) electrons. The lowest BCUT2D eigenvalue weighted by Gasteiger charge is -2.17. The molecule has 0 amide bonds. The van der Waals surface area contributed by atoms with Crippen molar-refractivity contribution in [2.45, 2.75) is 32.6 Å². The van der Waals surface area contributed by atoms with Crippen LogP contribution in [0.4, 0.5) is 0 Å². The highest BCUT2D eigenvalue weighted by molar-refractivity contribution is 6.32. The van der Waals surface area contributed by atoms with Gasteiger partial charge in [-0.3, -0.25) is 0 Å². The fourth-order valence-corrected chi connectivity index (χ4v) is 2.24. The minimum atomic E-state index is 0.679. The van der Waals surface area contributed by atoms with Crippen LogP contribution in [-0.2, 0) is 12.8 Å². The molecule has 0 atom stereocenters. The van der Waals surface area contributed by atoms with Gasteiger partial charge in [0, 0.05) is 0 Å². The van der Waals surface area contributed by atoms with Crippen LogP contribution >= 0.6 is 11.6 Å². The average Bonchev–Trinajstić information content (AvgIpc) is 2.19. The monoisotopic (exact) mass is 210 g/mol. The van der Waals surface area contributed by atoms with Gasteiger partial charge in [-0.15, -0.1) is 0 Å². The maximum Gasteiger partial charge on any atom is 0.138 e. The largest absolute Gasteiger partial charge is 0.492 e. The highest BCUT2D eigenvalue weighted by Gasteiger charge is 2.12.